The number of rotatable bonds is 2. The standard InChI is InChI=1S/C22H35N3OS/c1-13(24-25-20(23)27)17-6-7-18-16-5-4-14-12-15(26)8-10-21(14,2)19(16)9-11-22(17,18)3/h6,14-16,18-19,26H,4-5,7-12H2,1-3H3,(H3,23,25,27)/b24-13+/t14-,15-,16+,18-,19-,21-,22+/m0/s1. The van der Waals surface area contributed by atoms with E-state index in [-0.39, 0.29) is 16.6 Å². The zero-order valence-electron chi connectivity index (χ0n) is 17.0. The van der Waals surface area contributed by atoms with Gasteiger partial charge in [0.25, 0.3) is 0 Å². The van der Waals surface area contributed by atoms with E-state index in [0.717, 1.165) is 42.2 Å². The van der Waals surface area contributed by atoms with E-state index in [2.05, 4.69) is 37.4 Å². The van der Waals surface area contributed by atoms with Gasteiger partial charge in [-0.1, -0.05) is 19.9 Å². The van der Waals surface area contributed by atoms with Gasteiger partial charge >= 0.3 is 0 Å². The van der Waals surface area contributed by atoms with Crippen molar-refractivity contribution in [2.75, 3.05) is 0 Å². The Morgan fingerprint density at radius 2 is 2.00 bits per heavy atom. The second-order valence-corrected chi connectivity index (χ2v) is 10.5. The summed E-state index contributed by atoms with van der Waals surface area (Å²) in [5.41, 5.74) is 11.4. The second kappa shape index (κ2) is 6.84. The highest BCUT2D eigenvalue weighted by molar-refractivity contribution is 7.80. The van der Waals surface area contributed by atoms with Crippen LogP contribution in [0.4, 0.5) is 0 Å². The van der Waals surface area contributed by atoms with Crippen LogP contribution in [0.25, 0.3) is 0 Å². The number of nitrogens with one attached hydrogen (secondary N) is 1. The van der Waals surface area contributed by atoms with E-state index >= 15 is 0 Å². The molecule has 4 aliphatic rings. The van der Waals surface area contributed by atoms with Crippen LogP contribution in [-0.4, -0.2) is 22.0 Å². The molecule has 7 atom stereocenters. The molecule has 0 aliphatic heterocycles. The molecular weight excluding hydrogens is 354 g/mol. The molecule has 4 nitrogen and oxygen atoms in total. The van der Waals surface area contributed by atoms with Crippen molar-refractivity contribution in [2.45, 2.75) is 78.2 Å². The Balaban J connectivity index is 1.56. The van der Waals surface area contributed by atoms with E-state index in [1.807, 2.05) is 0 Å². The van der Waals surface area contributed by atoms with Crippen LogP contribution in [0.2, 0.25) is 0 Å². The van der Waals surface area contributed by atoms with Crippen LogP contribution in [-0.2, 0) is 0 Å². The Kier molecular flexibility index (Phi) is 4.91. The highest BCUT2D eigenvalue weighted by atomic mass is 32.1. The van der Waals surface area contributed by atoms with Gasteiger partial charge in [-0.15, -0.1) is 0 Å². The first-order chi connectivity index (χ1) is 12.8. The molecule has 3 saturated carbocycles. The number of hydrogen-bond donors (Lipinski definition) is 3. The molecule has 4 aliphatic carbocycles. The van der Waals surface area contributed by atoms with Gasteiger partial charge in [0.2, 0.25) is 0 Å². The maximum absolute atomic E-state index is 10.2. The lowest BCUT2D eigenvalue weighted by Gasteiger charge is -2.60. The molecule has 0 unspecified atom stereocenters. The van der Waals surface area contributed by atoms with Crippen LogP contribution >= 0.6 is 12.2 Å². The molecule has 27 heavy (non-hydrogen) atoms. The van der Waals surface area contributed by atoms with Crippen LogP contribution < -0.4 is 11.2 Å². The fourth-order valence-corrected chi connectivity index (χ4v) is 7.61. The Hall–Kier alpha value is -0.940. The Bertz CT molecular complexity index is 689. The second-order valence-electron chi connectivity index (χ2n) is 10.1. The summed E-state index contributed by atoms with van der Waals surface area (Å²) in [6.45, 7) is 7.09. The van der Waals surface area contributed by atoms with Crippen molar-refractivity contribution < 1.29 is 5.11 Å². The van der Waals surface area contributed by atoms with Gasteiger partial charge < -0.3 is 10.8 Å². The van der Waals surface area contributed by atoms with Crippen molar-refractivity contribution in [2.24, 2.45) is 45.3 Å². The fourth-order valence-electron chi connectivity index (χ4n) is 7.56. The van der Waals surface area contributed by atoms with Crippen molar-refractivity contribution in [1.82, 2.24) is 5.43 Å². The van der Waals surface area contributed by atoms with Gasteiger partial charge in [-0.05, 0) is 111 Å². The summed E-state index contributed by atoms with van der Waals surface area (Å²) >= 11 is 4.90. The lowest BCUT2D eigenvalue weighted by atomic mass is 9.44. The van der Waals surface area contributed by atoms with E-state index in [4.69, 9.17) is 18.0 Å². The molecule has 4 rings (SSSR count). The van der Waals surface area contributed by atoms with Gasteiger partial charge in [-0.2, -0.15) is 5.10 Å². The summed E-state index contributed by atoms with van der Waals surface area (Å²) in [4.78, 5) is 0. The molecule has 4 N–H and O–H groups in total. The molecule has 150 valence electrons. The average Bonchev–Trinajstić information content (AvgIpc) is 2.97. The number of hydrogen-bond acceptors (Lipinski definition) is 3. The third-order valence-corrected chi connectivity index (χ3v) is 9.03. The normalized spacial score (nSPS) is 46.7. The molecule has 3 fully saturated rings. The summed E-state index contributed by atoms with van der Waals surface area (Å²) in [7, 11) is 0. The number of hydrazone groups is 1. The first-order valence-electron chi connectivity index (χ1n) is 10.7. The van der Waals surface area contributed by atoms with E-state index in [0.29, 0.717) is 5.41 Å². The molecular formula is C22H35N3OS. The molecule has 0 saturated heterocycles. The zero-order chi connectivity index (χ0) is 19.4. The zero-order valence-corrected chi connectivity index (χ0v) is 17.8. The summed E-state index contributed by atoms with van der Waals surface area (Å²) in [5.74, 6) is 3.08. The highest BCUT2D eigenvalue weighted by Gasteiger charge is 2.58. The number of nitrogens with two attached hydrogens (primary N) is 1. The van der Waals surface area contributed by atoms with Crippen LogP contribution in [0.3, 0.4) is 0 Å². The SMILES string of the molecule is C/C(=N\NC(N)=S)C1=CC[C@H]2[C@H]3CC[C@H]4C[C@@H](O)CC[C@]4(C)[C@H]3CC[C@]12C. The predicted octanol–water partition coefficient (Wildman–Crippen LogP) is 4.14. The number of aliphatic hydroxyl groups excluding tert-OH is 1. The molecule has 0 bridgehead atoms. The lowest BCUT2D eigenvalue weighted by Crippen LogP contribution is -2.53. The quantitative estimate of drug-likeness (QED) is 0.377. The van der Waals surface area contributed by atoms with Crippen molar-refractivity contribution in [3.8, 4) is 0 Å². The minimum atomic E-state index is -0.0618. The van der Waals surface area contributed by atoms with Crippen molar-refractivity contribution >= 4 is 23.0 Å². The first-order valence-corrected chi connectivity index (χ1v) is 11.2. The maximum atomic E-state index is 10.2. The lowest BCUT2D eigenvalue weighted by molar-refractivity contribution is -0.117. The minimum Gasteiger partial charge on any atom is -0.393 e. The monoisotopic (exact) mass is 389 g/mol. The summed E-state index contributed by atoms with van der Waals surface area (Å²) in [6, 6.07) is 0. The van der Waals surface area contributed by atoms with Gasteiger partial charge in [-0.25, -0.2) is 0 Å². The van der Waals surface area contributed by atoms with Crippen LogP contribution in [0, 0.1) is 34.5 Å². The molecule has 0 heterocycles. The molecule has 0 aromatic heterocycles. The fraction of sp³-hybridized carbons (Fsp3) is 0.818. The van der Waals surface area contributed by atoms with Crippen molar-refractivity contribution in [3.63, 3.8) is 0 Å². The van der Waals surface area contributed by atoms with E-state index < -0.39 is 0 Å². The number of allylic oxidation sites excluding steroid dienone is 2. The maximum Gasteiger partial charge on any atom is 0.184 e. The van der Waals surface area contributed by atoms with Crippen LogP contribution in [0.15, 0.2) is 16.8 Å². The molecule has 0 spiro atoms. The van der Waals surface area contributed by atoms with E-state index in [9.17, 15) is 5.11 Å². The van der Waals surface area contributed by atoms with Gasteiger partial charge in [-0.3, -0.25) is 5.43 Å². The van der Waals surface area contributed by atoms with E-state index in [1.165, 1.54) is 44.1 Å². The first kappa shape index (κ1) is 19.4. The number of fused-ring (bicyclic) bond motifs is 5. The molecule has 0 aromatic carbocycles. The smallest absolute Gasteiger partial charge is 0.184 e. The van der Waals surface area contributed by atoms with Gasteiger partial charge in [0.05, 0.1) is 11.8 Å². The predicted molar refractivity (Wildman–Crippen MR) is 114 cm³/mol. The van der Waals surface area contributed by atoms with Gasteiger partial charge in [0, 0.05) is 0 Å². The third kappa shape index (κ3) is 3.05. The number of nitrogens with zero attached hydrogens (tertiary/aromatic N) is 1. The Labute approximate surface area is 169 Å². The average molecular weight is 390 g/mol. The van der Waals surface area contributed by atoms with Crippen molar-refractivity contribution in [1.29, 1.82) is 0 Å². The highest BCUT2D eigenvalue weighted by Crippen LogP contribution is 2.66. The largest absolute Gasteiger partial charge is 0.393 e. The van der Waals surface area contributed by atoms with Crippen molar-refractivity contribution in [3.05, 3.63) is 11.6 Å². The third-order valence-electron chi connectivity index (χ3n) is 8.94. The molecule has 0 amide bonds. The topological polar surface area (TPSA) is 70.6 Å². The van der Waals surface area contributed by atoms with Gasteiger partial charge in [0.1, 0.15) is 0 Å². The number of aliphatic hydroxyl groups is 1. The molecule has 0 radical (unpaired) electrons. The van der Waals surface area contributed by atoms with Crippen LogP contribution in [0.1, 0.15) is 72.1 Å². The summed E-state index contributed by atoms with van der Waals surface area (Å²) in [5, 5.41) is 14.9. The van der Waals surface area contributed by atoms with Crippen LogP contribution in [0.5, 0.6) is 0 Å². The molecule has 5 heteroatoms. The minimum absolute atomic E-state index is 0.0618. The summed E-state index contributed by atoms with van der Waals surface area (Å²) in [6.07, 6.45) is 12.0. The number of thiocarbonyl (C=S) groups is 1. The van der Waals surface area contributed by atoms with E-state index in [1.54, 1.807) is 0 Å². The summed E-state index contributed by atoms with van der Waals surface area (Å²) < 4.78 is 0. The Morgan fingerprint density at radius 1 is 1.22 bits per heavy atom. The van der Waals surface area contributed by atoms with Gasteiger partial charge in [0.15, 0.2) is 5.11 Å². The Morgan fingerprint density at radius 3 is 2.74 bits per heavy atom. The molecule has 0 aromatic rings.